The zero-order chi connectivity index (χ0) is 10.5. The molecule has 0 spiro atoms. The van der Waals surface area contributed by atoms with Crippen molar-refractivity contribution in [3.63, 3.8) is 0 Å². The molecule has 0 radical (unpaired) electrons. The summed E-state index contributed by atoms with van der Waals surface area (Å²) in [6, 6.07) is 0.239. The Bertz CT molecular complexity index is 332. The van der Waals surface area contributed by atoms with Gasteiger partial charge in [0.25, 0.3) is 0 Å². The maximum absolute atomic E-state index is 11.4. The predicted octanol–water partition coefficient (Wildman–Crippen LogP) is 1.57. The Morgan fingerprint density at radius 3 is 2.36 bits per heavy atom. The van der Waals surface area contributed by atoms with E-state index in [1.165, 1.54) is 6.26 Å². The van der Waals surface area contributed by atoms with Crippen molar-refractivity contribution in [2.24, 2.45) is 5.92 Å². The van der Waals surface area contributed by atoms with E-state index >= 15 is 0 Å². The van der Waals surface area contributed by atoms with Gasteiger partial charge in [0.1, 0.15) is 0 Å². The minimum atomic E-state index is -2.98. The number of rotatable bonds is 1. The molecule has 4 unspecified atom stereocenters. The molecule has 14 heavy (non-hydrogen) atoms. The Morgan fingerprint density at radius 2 is 1.79 bits per heavy atom. The number of alkyl halides is 2. The Morgan fingerprint density at radius 1 is 1.21 bits per heavy atom. The van der Waals surface area contributed by atoms with Gasteiger partial charge in [-0.3, -0.25) is 0 Å². The first-order valence-electron chi connectivity index (χ1n) is 4.64. The molecule has 0 N–H and O–H groups in total. The van der Waals surface area contributed by atoms with E-state index in [1.54, 1.807) is 4.31 Å². The summed E-state index contributed by atoms with van der Waals surface area (Å²) >= 11 is 7.19. The summed E-state index contributed by atoms with van der Waals surface area (Å²) in [5.41, 5.74) is 0. The Labute approximate surface area is 102 Å². The van der Waals surface area contributed by atoms with Crippen LogP contribution in [0.25, 0.3) is 0 Å². The van der Waals surface area contributed by atoms with Crippen LogP contribution in [0.3, 0.4) is 0 Å². The molecule has 0 aromatic carbocycles. The third-order valence-electron chi connectivity index (χ3n) is 3.14. The maximum Gasteiger partial charge on any atom is 0.211 e. The molecule has 2 aliphatic rings. The standard InChI is InChI=1S/C8H13Br2NO2S/c1-14(12,13)11-4-5-2-6(9)7(10)3-8(5)11/h5-8H,2-4H2,1H3. The molecule has 4 atom stereocenters. The van der Waals surface area contributed by atoms with Crippen molar-refractivity contribution in [1.29, 1.82) is 0 Å². The fourth-order valence-corrected chi connectivity index (χ4v) is 4.83. The summed E-state index contributed by atoms with van der Waals surface area (Å²) < 4.78 is 24.3. The summed E-state index contributed by atoms with van der Waals surface area (Å²) in [6.45, 7) is 0.714. The second kappa shape index (κ2) is 3.71. The number of hydrogen-bond donors (Lipinski definition) is 0. The van der Waals surface area contributed by atoms with E-state index in [1.807, 2.05) is 0 Å². The zero-order valence-corrected chi connectivity index (χ0v) is 11.8. The van der Waals surface area contributed by atoms with E-state index in [0.29, 0.717) is 22.1 Å². The smallest absolute Gasteiger partial charge is 0.211 e. The number of halogens is 2. The fraction of sp³-hybridized carbons (Fsp3) is 1.00. The number of sulfonamides is 1. The van der Waals surface area contributed by atoms with Crippen molar-refractivity contribution >= 4 is 41.9 Å². The van der Waals surface area contributed by atoms with Gasteiger partial charge in [-0.1, -0.05) is 31.9 Å². The van der Waals surface area contributed by atoms with Crippen LogP contribution in [-0.4, -0.2) is 41.2 Å². The minimum Gasteiger partial charge on any atom is -0.212 e. The van der Waals surface area contributed by atoms with Crippen LogP contribution in [0.15, 0.2) is 0 Å². The maximum atomic E-state index is 11.4. The molecule has 3 nitrogen and oxygen atoms in total. The largest absolute Gasteiger partial charge is 0.212 e. The van der Waals surface area contributed by atoms with Gasteiger partial charge in [-0.25, -0.2) is 8.42 Å². The van der Waals surface area contributed by atoms with Crippen LogP contribution in [0, 0.1) is 5.92 Å². The lowest BCUT2D eigenvalue weighted by Gasteiger charge is -2.51. The van der Waals surface area contributed by atoms with E-state index in [4.69, 9.17) is 0 Å². The van der Waals surface area contributed by atoms with E-state index in [-0.39, 0.29) is 6.04 Å². The van der Waals surface area contributed by atoms with Crippen molar-refractivity contribution in [3.05, 3.63) is 0 Å². The van der Waals surface area contributed by atoms with Crippen LogP contribution in [-0.2, 0) is 10.0 Å². The summed E-state index contributed by atoms with van der Waals surface area (Å²) in [6.07, 6.45) is 3.30. The summed E-state index contributed by atoms with van der Waals surface area (Å²) in [7, 11) is -2.98. The molecule has 2 rings (SSSR count). The predicted molar refractivity (Wildman–Crippen MR) is 63.5 cm³/mol. The topological polar surface area (TPSA) is 37.4 Å². The molecule has 0 aromatic rings. The number of nitrogens with zero attached hydrogens (tertiary/aromatic N) is 1. The Hall–Kier alpha value is 0.870. The van der Waals surface area contributed by atoms with Crippen LogP contribution in [0.4, 0.5) is 0 Å². The van der Waals surface area contributed by atoms with E-state index in [9.17, 15) is 8.42 Å². The molecule has 1 aliphatic carbocycles. The summed E-state index contributed by atoms with van der Waals surface area (Å²) in [5.74, 6) is 0.558. The summed E-state index contributed by atoms with van der Waals surface area (Å²) in [5, 5.41) is 0. The molecular formula is C8H13Br2NO2S. The second-order valence-corrected chi connectivity index (χ2v) is 8.45. The molecule has 1 heterocycles. The van der Waals surface area contributed by atoms with Gasteiger partial charge in [0, 0.05) is 22.2 Å². The molecule has 82 valence electrons. The Balaban J connectivity index is 2.07. The van der Waals surface area contributed by atoms with Gasteiger partial charge < -0.3 is 0 Å². The first-order chi connectivity index (χ1) is 6.39. The quantitative estimate of drug-likeness (QED) is 0.676. The lowest BCUT2D eigenvalue weighted by molar-refractivity contribution is 0.0675. The van der Waals surface area contributed by atoms with Crippen molar-refractivity contribution in [1.82, 2.24) is 4.31 Å². The van der Waals surface area contributed by atoms with Gasteiger partial charge in [-0.05, 0) is 18.8 Å². The molecule has 0 bridgehead atoms. The lowest BCUT2D eigenvalue weighted by atomic mass is 9.79. The molecule has 1 aliphatic heterocycles. The van der Waals surface area contributed by atoms with Crippen LogP contribution < -0.4 is 0 Å². The SMILES string of the molecule is CS(=O)(=O)N1CC2CC(Br)C(Br)CC21. The van der Waals surface area contributed by atoms with Gasteiger partial charge in [0.2, 0.25) is 10.0 Å². The van der Waals surface area contributed by atoms with Gasteiger partial charge in [0.05, 0.1) is 6.26 Å². The molecule has 1 saturated heterocycles. The highest BCUT2D eigenvalue weighted by Gasteiger charge is 2.48. The normalized spacial score (nSPS) is 44.2. The van der Waals surface area contributed by atoms with E-state index in [0.717, 1.165) is 12.8 Å². The third-order valence-corrected chi connectivity index (χ3v) is 7.15. The Kier molecular flexibility index (Phi) is 3.01. The van der Waals surface area contributed by atoms with Crippen LogP contribution >= 0.6 is 31.9 Å². The molecule has 6 heteroatoms. The molecule has 0 amide bonds. The zero-order valence-electron chi connectivity index (χ0n) is 7.86. The van der Waals surface area contributed by atoms with Crippen LogP contribution in [0.1, 0.15) is 12.8 Å². The first kappa shape index (κ1) is 11.4. The van der Waals surface area contributed by atoms with E-state index < -0.39 is 10.0 Å². The monoisotopic (exact) mass is 345 g/mol. The first-order valence-corrected chi connectivity index (χ1v) is 8.32. The lowest BCUT2D eigenvalue weighted by Crippen LogP contribution is -2.62. The van der Waals surface area contributed by atoms with Crippen molar-refractivity contribution < 1.29 is 8.42 Å². The molecular weight excluding hydrogens is 334 g/mol. The minimum absolute atomic E-state index is 0.239. The highest BCUT2D eigenvalue weighted by atomic mass is 79.9. The molecule has 0 aromatic heterocycles. The number of fused-ring (bicyclic) bond motifs is 1. The van der Waals surface area contributed by atoms with Crippen LogP contribution in [0.5, 0.6) is 0 Å². The average molecular weight is 347 g/mol. The van der Waals surface area contributed by atoms with Gasteiger partial charge in [0.15, 0.2) is 0 Å². The van der Waals surface area contributed by atoms with Crippen molar-refractivity contribution in [2.45, 2.75) is 28.5 Å². The molecule has 1 saturated carbocycles. The van der Waals surface area contributed by atoms with Crippen LogP contribution in [0.2, 0.25) is 0 Å². The fourth-order valence-electron chi connectivity index (χ4n) is 2.32. The highest BCUT2D eigenvalue weighted by Crippen LogP contribution is 2.43. The van der Waals surface area contributed by atoms with E-state index in [2.05, 4.69) is 31.9 Å². The van der Waals surface area contributed by atoms with Gasteiger partial charge in [-0.15, -0.1) is 0 Å². The summed E-state index contributed by atoms with van der Waals surface area (Å²) in [4.78, 5) is 0.888. The average Bonchev–Trinajstić information content (AvgIpc) is 2.01. The number of hydrogen-bond acceptors (Lipinski definition) is 2. The van der Waals surface area contributed by atoms with Crippen molar-refractivity contribution in [3.8, 4) is 0 Å². The van der Waals surface area contributed by atoms with Gasteiger partial charge in [-0.2, -0.15) is 4.31 Å². The highest BCUT2D eigenvalue weighted by molar-refractivity contribution is 9.12. The third kappa shape index (κ3) is 1.90. The van der Waals surface area contributed by atoms with Gasteiger partial charge >= 0.3 is 0 Å². The van der Waals surface area contributed by atoms with Crippen molar-refractivity contribution in [2.75, 3.05) is 12.8 Å². The second-order valence-electron chi connectivity index (χ2n) is 4.16. The molecule has 2 fully saturated rings.